The molecule has 1 aromatic rings. The van der Waals surface area contributed by atoms with Crippen molar-refractivity contribution in [3.8, 4) is 11.8 Å². The van der Waals surface area contributed by atoms with Gasteiger partial charge in [-0.15, -0.1) is 0 Å². The van der Waals surface area contributed by atoms with Crippen LogP contribution in [0.4, 0.5) is 5.95 Å². The van der Waals surface area contributed by atoms with Crippen LogP contribution in [0.2, 0.25) is 0 Å². The molecule has 0 saturated carbocycles. The number of nitrogens with one attached hydrogen (secondary N) is 1. The zero-order valence-electron chi connectivity index (χ0n) is 11.0. The lowest BCUT2D eigenvalue weighted by molar-refractivity contribution is 0.0314. The molecule has 1 aromatic heterocycles. The Morgan fingerprint density at radius 3 is 2.50 bits per heavy atom. The standard InChI is InChI=1S/C12H19N3O3/c1-12(5-4-6-18-12)8-13-11-14-9(16-2)7-10(15-11)17-3/h7H,4-6,8H2,1-3H3,(H,13,14,15). The quantitative estimate of drug-likeness (QED) is 0.857. The van der Waals surface area contributed by atoms with Crippen molar-refractivity contribution in [2.24, 2.45) is 0 Å². The largest absolute Gasteiger partial charge is 0.481 e. The first kappa shape index (κ1) is 12.9. The van der Waals surface area contributed by atoms with Crippen molar-refractivity contribution in [1.82, 2.24) is 9.97 Å². The summed E-state index contributed by atoms with van der Waals surface area (Å²) in [6.07, 6.45) is 2.14. The molecule has 1 atom stereocenters. The lowest BCUT2D eigenvalue weighted by atomic mass is 10.0. The number of nitrogens with zero attached hydrogens (tertiary/aromatic N) is 2. The smallest absolute Gasteiger partial charge is 0.229 e. The van der Waals surface area contributed by atoms with E-state index in [4.69, 9.17) is 14.2 Å². The normalized spacial score (nSPS) is 22.8. The molecule has 0 spiro atoms. The van der Waals surface area contributed by atoms with Gasteiger partial charge < -0.3 is 19.5 Å². The molecule has 0 aromatic carbocycles. The number of hydrogen-bond donors (Lipinski definition) is 1. The van der Waals surface area contributed by atoms with Gasteiger partial charge in [-0.3, -0.25) is 0 Å². The highest BCUT2D eigenvalue weighted by molar-refractivity contribution is 5.34. The molecule has 1 N–H and O–H groups in total. The summed E-state index contributed by atoms with van der Waals surface area (Å²) in [6.45, 7) is 3.58. The van der Waals surface area contributed by atoms with E-state index >= 15 is 0 Å². The van der Waals surface area contributed by atoms with Crippen LogP contribution in [0.5, 0.6) is 11.8 Å². The Balaban J connectivity index is 2.04. The number of hydrogen-bond acceptors (Lipinski definition) is 6. The minimum Gasteiger partial charge on any atom is -0.481 e. The van der Waals surface area contributed by atoms with E-state index in [0.29, 0.717) is 24.3 Å². The van der Waals surface area contributed by atoms with E-state index in [1.54, 1.807) is 20.3 Å². The summed E-state index contributed by atoms with van der Waals surface area (Å²) >= 11 is 0. The van der Waals surface area contributed by atoms with Gasteiger partial charge in [0.15, 0.2) is 0 Å². The maximum absolute atomic E-state index is 5.69. The zero-order chi connectivity index (χ0) is 13.0. The molecule has 0 amide bonds. The summed E-state index contributed by atoms with van der Waals surface area (Å²) in [4.78, 5) is 8.42. The van der Waals surface area contributed by atoms with Gasteiger partial charge in [0.1, 0.15) is 0 Å². The van der Waals surface area contributed by atoms with E-state index in [2.05, 4.69) is 22.2 Å². The van der Waals surface area contributed by atoms with Crippen molar-refractivity contribution in [3.63, 3.8) is 0 Å². The van der Waals surface area contributed by atoms with Gasteiger partial charge in [-0.1, -0.05) is 0 Å². The van der Waals surface area contributed by atoms with Gasteiger partial charge in [-0.2, -0.15) is 9.97 Å². The Bertz CT molecular complexity index is 383. The molecule has 6 nitrogen and oxygen atoms in total. The van der Waals surface area contributed by atoms with Crippen molar-refractivity contribution in [3.05, 3.63) is 6.07 Å². The first-order chi connectivity index (χ1) is 8.65. The Morgan fingerprint density at radius 1 is 1.33 bits per heavy atom. The Kier molecular flexibility index (Phi) is 3.86. The summed E-state index contributed by atoms with van der Waals surface area (Å²) in [5.74, 6) is 1.44. The van der Waals surface area contributed by atoms with Gasteiger partial charge in [-0.05, 0) is 19.8 Å². The Hall–Kier alpha value is -1.56. The number of anilines is 1. The van der Waals surface area contributed by atoms with Crippen LogP contribution in [0.15, 0.2) is 6.07 Å². The molecule has 2 rings (SSSR count). The maximum atomic E-state index is 5.69. The highest BCUT2D eigenvalue weighted by atomic mass is 16.5. The average Bonchev–Trinajstić information content (AvgIpc) is 2.83. The van der Waals surface area contributed by atoms with Crippen LogP contribution in [-0.4, -0.2) is 42.9 Å². The molecule has 18 heavy (non-hydrogen) atoms. The summed E-state index contributed by atoms with van der Waals surface area (Å²) in [6, 6.07) is 1.64. The van der Waals surface area contributed by atoms with Crippen LogP contribution in [0.1, 0.15) is 19.8 Å². The fourth-order valence-electron chi connectivity index (χ4n) is 1.93. The monoisotopic (exact) mass is 253 g/mol. The topological polar surface area (TPSA) is 65.5 Å². The summed E-state index contributed by atoms with van der Waals surface area (Å²) < 4.78 is 15.9. The highest BCUT2D eigenvalue weighted by Gasteiger charge is 2.29. The van der Waals surface area contributed by atoms with Crippen molar-refractivity contribution in [2.45, 2.75) is 25.4 Å². The van der Waals surface area contributed by atoms with E-state index < -0.39 is 0 Å². The maximum Gasteiger partial charge on any atom is 0.229 e. The Morgan fingerprint density at radius 2 is 2.00 bits per heavy atom. The van der Waals surface area contributed by atoms with Crippen LogP contribution >= 0.6 is 0 Å². The van der Waals surface area contributed by atoms with Crippen molar-refractivity contribution >= 4 is 5.95 Å². The molecular weight excluding hydrogens is 234 g/mol. The number of methoxy groups -OCH3 is 2. The van der Waals surface area contributed by atoms with Crippen LogP contribution < -0.4 is 14.8 Å². The molecule has 6 heteroatoms. The molecular formula is C12H19N3O3. The van der Waals surface area contributed by atoms with Crippen molar-refractivity contribution in [2.75, 3.05) is 32.7 Å². The van der Waals surface area contributed by atoms with E-state index in [1.165, 1.54) is 0 Å². The van der Waals surface area contributed by atoms with E-state index in [-0.39, 0.29) is 5.60 Å². The second-order valence-electron chi connectivity index (χ2n) is 4.53. The molecule has 1 fully saturated rings. The number of rotatable bonds is 5. The minimum atomic E-state index is -0.139. The van der Waals surface area contributed by atoms with Gasteiger partial charge in [0, 0.05) is 13.2 Å². The van der Waals surface area contributed by atoms with Gasteiger partial charge >= 0.3 is 0 Å². The first-order valence-electron chi connectivity index (χ1n) is 6.00. The fraction of sp³-hybridized carbons (Fsp3) is 0.667. The predicted octanol–water partition coefficient (Wildman–Crippen LogP) is 1.47. The molecule has 0 bridgehead atoms. The fourth-order valence-corrected chi connectivity index (χ4v) is 1.93. The third-order valence-corrected chi connectivity index (χ3v) is 3.02. The molecule has 1 unspecified atom stereocenters. The second kappa shape index (κ2) is 5.39. The predicted molar refractivity (Wildman–Crippen MR) is 67.2 cm³/mol. The summed E-state index contributed by atoms with van der Waals surface area (Å²) in [5.41, 5.74) is -0.139. The lowest BCUT2D eigenvalue weighted by Gasteiger charge is -2.23. The number of aromatic nitrogens is 2. The van der Waals surface area contributed by atoms with E-state index in [1.807, 2.05) is 0 Å². The van der Waals surface area contributed by atoms with Crippen LogP contribution in [0.3, 0.4) is 0 Å². The molecule has 0 radical (unpaired) electrons. The van der Waals surface area contributed by atoms with Crippen LogP contribution in [0, 0.1) is 0 Å². The molecule has 100 valence electrons. The average molecular weight is 253 g/mol. The van der Waals surface area contributed by atoms with E-state index in [0.717, 1.165) is 19.4 Å². The summed E-state index contributed by atoms with van der Waals surface area (Å²) in [7, 11) is 3.12. The third kappa shape index (κ3) is 3.01. The van der Waals surface area contributed by atoms with Crippen molar-refractivity contribution in [1.29, 1.82) is 0 Å². The molecule has 1 aliphatic rings. The Labute approximate surface area is 107 Å². The number of ether oxygens (including phenoxy) is 3. The molecule has 0 aliphatic carbocycles. The van der Waals surface area contributed by atoms with Gasteiger partial charge in [0.2, 0.25) is 17.7 Å². The second-order valence-corrected chi connectivity index (χ2v) is 4.53. The lowest BCUT2D eigenvalue weighted by Crippen LogP contribution is -2.33. The van der Waals surface area contributed by atoms with Gasteiger partial charge in [0.05, 0.1) is 25.9 Å². The molecule has 1 saturated heterocycles. The molecule has 2 heterocycles. The van der Waals surface area contributed by atoms with Gasteiger partial charge in [0.25, 0.3) is 0 Å². The van der Waals surface area contributed by atoms with Crippen molar-refractivity contribution < 1.29 is 14.2 Å². The van der Waals surface area contributed by atoms with Crippen LogP contribution in [-0.2, 0) is 4.74 Å². The molecule has 1 aliphatic heterocycles. The first-order valence-corrected chi connectivity index (χ1v) is 6.00. The van der Waals surface area contributed by atoms with E-state index in [9.17, 15) is 0 Å². The van der Waals surface area contributed by atoms with Gasteiger partial charge in [-0.25, -0.2) is 0 Å². The zero-order valence-corrected chi connectivity index (χ0v) is 11.0. The minimum absolute atomic E-state index is 0.139. The van der Waals surface area contributed by atoms with Crippen LogP contribution in [0.25, 0.3) is 0 Å². The highest BCUT2D eigenvalue weighted by Crippen LogP contribution is 2.25. The summed E-state index contributed by atoms with van der Waals surface area (Å²) in [5, 5.41) is 3.17. The third-order valence-electron chi connectivity index (χ3n) is 3.02. The SMILES string of the molecule is COc1cc(OC)nc(NCC2(C)CCCO2)n1.